The minimum Gasteiger partial charge on any atom is -0.467 e. The Bertz CT molecular complexity index is 393. The predicted molar refractivity (Wildman–Crippen MR) is 71.6 cm³/mol. The van der Waals surface area contributed by atoms with Gasteiger partial charge in [-0.15, -0.1) is 4.98 Å². The first kappa shape index (κ1) is 13.8. The second-order valence-electron chi connectivity index (χ2n) is 4.78. The summed E-state index contributed by atoms with van der Waals surface area (Å²) in [4.78, 5) is 14.6. The molecule has 1 fully saturated rings. The van der Waals surface area contributed by atoms with E-state index >= 15 is 0 Å². The number of hydrogen-bond donors (Lipinski definition) is 1. The fraction of sp³-hybridized carbons (Fsp3) is 0.750. The third-order valence-corrected chi connectivity index (χ3v) is 3.23. The van der Waals surface area contributed by atoms with Gasteiger partial charge < -0.3 is 19.7 Å². The van der Waals surface area contributed by atoms with Gasteiger partial charge in [-0.2, -0.15) is 9.97 Å². The molecule has 0 aliphatic carbocycles. The molecule has 0 saturated carbocycles. The molecule has 0 bridgehead atoms. The van der Waals surface area contributed by atoms with Crippen molar-refractivity contribution in [2.45, 2.75) is 12.8 Å². The van der Waals surface area contributed by atoms with Crippen molar-refractivity contribution in [1.82, 2.24) is 19.9 Å². The number of nitrogens with zero attached hydrogens (tertiary/aromatic N) is 4. The van der Waals surface area contributed by atoms with E-state index in [1.807, 2.05) is 0 Å². The quantitative estimate of drug-likeness (QED) is 0.839. The second kappa shape index (κ2) is 6.51. The van der Waals surface area contributed by atoms with Gasteiger partial charge in [0.1, 0.15) is 0 Å². The summed E-state index contributed by atoms with van der Waals surface area (Å²) in [5, 5.41) is 3.24. The molecule has 2 rings (SSSR count). The number of likely N-dealkylation sites (tertiary alicyclic amines) is 1. The summed E-state index contributed by atoms with van der Waals surface area (Å²) in [5.74, 6) is 1.12. The summed E-state index contributed by atoms with van der Waals surface area (Å²) in [6.07, 6.45) is 2.48. The predicted octanol–water partition coefficient (Wildman–Crippen LogP) is 0.643. The molecule has 1 aliphatic heterocycles. The number of methoxy groups -OCH3 is 2. The van der Waals surface area contributed by atoms with Crippen LogP contribution in [0.3, 0.4) is 0 Å². The van der Waals surface area contributed by atoms with Gasteiger partial charge in [-0.3, -0.25) is 0 Å². The minimum atomic E-state index is 0.259. The lowest BCUT2D eigenvalue weighted by molar-refractivity contribution is 0.217. The zero-order chi connectivity index (χ0) is 13.7. The van der Waals surface area contributed by atoms with E-state index in [1.54, 1.807) is 0 Å². The first-order chi connectivity index (χ1) is 9.21. The van der Waals surface area contributed by atoms with Crippen LogP contribution in [0.4, 0.5) is 5.95 Å². The molecule has 0 radical (unpaired) electrons. The highest BCUT2D eigenvalue weighted by molar-refractivity contribution is 5.27. The minimum absolute atomic E-state index is 0.259. The van der Waals surface area contributed by atoms with Crippen LogP contribution in [0.2, 0.25) is 0 Å². The van der Waals surface area contributed by atoms with Crippen molar-refractivity contribution in [1.29, 1.82) is 0 Å². The van der Waals surface area contributed by atoms with Crippen LogP contribution in [0.5, 0.6) is 12.0 Å². The van der Waals surface area contributed by atoms with Crippen molar-refractivity contribution in [3.63, 3.8) is 0 Å². The van der Waals surface area contributed by atoms with Gasteiger partial charge in [0.25, 0.3) is 0 Å². The summed E-state index contributed by atoms with van der Waals surface area (Å²) in [5.41, 5.74) is 0. The number of anilines is 1. The molecule has 7 heteroatoms. The average molecular weight is 267 g/mol. The van der Waals surface area contributed by atoms with E-state index in [-0.39, 0.29) is 12.0 Å². The lowest BCUT2D eigenvalue weighted by Gasteiger charge is -2.29. The average Bonchev–Trinajstić information content (AvgIpc) is 2.44. The van der Waals surface area contributed by atoms with Crippen LogP contribution in [0, 0.1) is 5.92 Å². The largest absolute Gasteiger partial charge is 0.467 e. The standard InChI is InChI=1S/C12H21N5O2/c1-17-6-4-5-9(8-17)7-13-10-14-11(18-2)16-12(15-10)19-3/h9H,4-8H2,1-3H3,(H,13,14,15,16). The van der Waals surface area contributed by atoms with Crippen molar-refractivity contribution >= 4 is 5.95 Å². The Balaban J connectivity index is 1.94. The van der Waals surface area contributed by atoms with Crippen LogP contribution in [0.25, 0.3) is 0 Å². The third kappa shape index (κ3) is 3.92. The zero-order valence-electron chi connectivity index (χ0n) is 11.7. The molecule has 0 spiro atoms. The Morgan fingerprint density at radius 1 is 1.21 bits per heavy atom. The maximum absolute atomic E-state index is 5.02. The van der Waals surface area contributed by atoms with Crippen molar-refractivity contribution in [2.24, 2.45) is 5.92 Å². The summed E-state index contributed by atoms with van der Waals surface area (Å²) in [6, 6.07) is 0.519. The summed E-state index contributed by atoms with van der Waals surface area (Å²) in [7, 11) is 5.20. The van der Waals surface area contributed by atoms with Crippen molar-refractivity contribution in [2.75, 3.05) is 46.2 Å². The van der Waals surface area contributed by atoms with E-state index in [4.69, 9.17) is 9.47 Å². The number of nitrogens with one attached hydrogen (secondary N) is 1. The van der Waals surface area contributed by atoms with E-state index < -0.39 is 0 Å². The highest BCUT2D eigenvalue weighted by Crippen LogP contribution is 2.17. The van der Waals surface area contributed by atoms with Gasteiger partial charge >= 0.3 is 12.0 Å². The van der Waals surface area contributed by atoms with Gasteiger partial charge in [-0.25, -0.2) is 0 Å². The fourth-order valence-electron chi connectivity index (χ4n) is 2.28. The summed E-state index contributed by atoms with van der Waals surface area (Å²) in [6.45, 7) is 3.14. The molecule has 7 nitrogen and oxygen atoms in total. The molecule has 1 N–H and O–H groups in total. The molecule has 1 saturated heterocycles. The molecule has 1 aliphatic rings. The van der Waals surface area contributed by atoms with E-state index in [0.29, 0.717) is 11.9 Å². The molecular weight excluding hydrogens is 246 g/mol. The molecule has 1 aromatic rings. The van der Waals surface area contributed by atoms with E-state index in [1.165, 1.54) is 33.6 Å². The van der Waals surface area contributed by atoms with E-state index in [9.17, 15) is 0 Å². The number of piperidine rings is 1. The van der Waals surface area contributed by atoms with Crippen molar-refractivity contribution in [3.05, 3.63) is 0 Å². The number of hydrogen-bond acceptors (Lipinski definition) is 7. The fourth-order valence-corrected chi connectivity index (χ4v) is 2.28. The van der Waals surface area contributed by atoms with Gasteiger partial charge in [0, 0.05) is 13.1 Å². The first-order valence-electron chi connectivity index (χ1n) is 6.47. The number of ether oxygens (including phenoxy) is 2. The van der Waals surface area contributed by atoms with Crippen molar-refractivity contribution in [3.8, 4) is 12.0 Å². The number of aromatic nitrogens is 3. The smallest absolute Gasteiger partial charge is 0.324 e. The Morgan fingerprint density at radius 2 is 1.89 bits per heavy atom. The van der Waals surface area contributed by atoms with Crippen molar-refractivity contribution < 1.29 is 9.47 Å². The normalized spacial score (nSPS) is 20.1. The maximum atomic E-state index is 5.02. The van der Waals surface area contributed by atoms with Crippen LogP contribution >= 0.6 is 0 Å². The maximum Gasteiger partial charge on any atom is 0.324 e. The first-order valence-corrected chi connectivity index (χ1v) is 6.47. The molecule has 1 unspecified atom stereocenters. The Kier molecular flexibility index (Phi) is 4.73. The zero-order valence-corrected chi connectivity index (χ0v) is 11.7. The molecule has 1 atom stereocenters. The molecule has 1 aromatic heterocycles. The highest BCUT2D eigenvalue weighted by Gasteiger charge is 2.17. The molecule has 106 valence electrons. The SMILES string of the molecule is COc1nc(NCC2CCCN(C)C2)nc(OC)n1. The third-order valence-electron chi connectivity index (χ3n) is 3.23. The second-order valence-corrected chi connectivity index (χ2v) is 4.78. The van der Waals surface area contributed by atoms with Gasteiger partial charge in [0.2, 0.25) is 5.95 Å². The van der Waals surface area contributed by atoms with Crippen LogP contribution in [-0.2, 0) is 0 Å². The molecule has 0 aromatic carbocycles. The lowest BCUT2D eigenvalue weighted by atomic mass is 9.99. The molecular formula is C12H21N5O2. The summed E-state index contributed by atoms with van der Waals surface area (Å²) < 4.78 is 10.0. The van der Waals surface area contributed by atoms with Gasteiger partial charge in [0.05, 0.1) is 14.2 Å². The monoisotopic (exact) mass is 267 g/mol. The number of rotatable bonds is 5. The lowest BCUT2D eigenvalue weighted by Crippen LogP contribution is -2.35. The van der Waals surface area contributed by atoms with E-state index in [2.05, 4.69) is 32.2 Å². The Morgan fingerprint density at radius 3 is 2.47 bits per heavy atom. The Labute approximate surface area is 113 Å². The van der Waals surface area contributed by atoms with Crippen LogP contribution < -0.4 is 14.8 Å². The molecule has 19 heavy (non-hydrogen) atoms. The van der Waals surface area contributed by atoms with E-state index in [0.717, 1.165) is 13.1 Å². The summed E-state index contributed by atoms with van der Waals surface area (Å²) >= 11 is 0. The Hall–Kier alpha value is -1.63. The van der Waals surface area contributed by atoms with Crippen LogP contribution in [-0.4, -0.2) is 60.8 Å². The van der Waals surface area contributed by atoms with Gasteiger partial charge in [0.15, 0.2) is 0 Å². The van der Waals surface area contributed by atoms with Gasteiger partial charge in [-0.05, 0) is 32.4 Å². The van der Waals surface area contributed by atoms with Crippen LogP contribution in [0.15, 0.2) is 0 Å². The van der Waals surface area contributed by atoms with Gasteiger partial charge in [-0.1, -0.05) is 0 Å². The van der Waals surface area contributed by atoms with Crippen LogP contribution in [0.1, 0.15) is 12.8 Å². The molecule has 0 amide bonds. The topological polar surface area (TPSA) is 72.4 Å². The molecule has 2 heterocycles. The highest BCUT2D eigenvalue weighted by atomic mass is 16.5.